The van der Waals surface area contributed by atoms with E-state index in [1.165, 1.54) is 0 Å². The first-order valence-corrected chi connectivity index (χ1v) is 10.0. The van der Waals surface area contributed by atoms with E-state index in [9.17, 15) is 22.8 Å². The summed E-state index contributed by atoms with van der Waals surface area (Å²) >= 11 is 0. The van der Waals surface area contributed by atoms with Crippen LogP contribution in [-0.4, -0.2) is 71.8 Å². The van der Waals surface area contributed by atoms with Crippen molar-refractivity contribution in [2.75, 3.05) is 37.7 Å². The van der Waals surface area contributed by atoms with E-state index in [1.807, 2.05) is 21.9 Å². The average Bonchev–Trinajstić information content (AvgIpc) is 3.38. The Morgan fingerprint density at radius 3 is 2.58 bits per heavy atom. The van der Waals surface area contributed by atoms with E-state index in [0.717, 1.165) is 37.9 Å². The van der Waals surface area contributed by atoms with E-state index >= 15 is 0 Å². The molecule has 4 rings (SSSR count). The third-order valence-corrected chi connectivity index (χ3v) is 5.88. The van der Waals surface area contributed by atoms with Gasteiger partial charge in [0.1, 0.15) is 0 Å². The molecule has 1 spiro atoms. The van der Waals surface area contributed by atoms with E-state index in [0.29, 0.717) is 26.3 Å². The maximum Gasteiger partial charge on any atom is 0.490 e. The van der Waals surface area contributed by atoms with Gasteiger partial charge in [0.2, 0.25) is 11.8 Å². The lowest BCUT2D eigenvalue weighted by atomic mass is 9.78. The fourth-order valence-corrected chi connectivity index (χ4v) is 4.27. The maximum atomic E-state index is 13.1. The minimum Gasteiger partial charge on any atom is -0.475 e. The molecule has 170 valence electrons. The molecule has 0 saturated carbocycles. The monoisotopic (exact) mass is 443 g/mol. The van der Waals surface area contributed by atoms with Gasteiger partial charge in [0.05, 0.1) is 29.8 Å². The predicted molar refractivity (Wildman–Crippen MR) is 102 cm³/mol. The summed E-state index contributed by atoms with van der Waals surface area (Å²) in [5, 5.41) is 7.12. The Balaban J connectivity index is 0.000000339. The Hall–Kier alpha value is -2.69. The van der Waals surface area contributed by atoms with Crippen LogP contribution in [0.15, 0.2) is 24.5 Å². The first-order chi connectivity index (χ1) is 14.6. The number of piperidine rings is 1. The van der Waals surface area contributed by atoms with Gasteiger partial charge in [0.25, 0.3) is 0 Å². The topological polar surface area (TPSA) is 100 Å². The van der Waals surface area contributed by atoms with Gasteiger partial charge >= 0.3 is 12.1 Å². The Labute approximate surface area is 177 Å². The van der Waals surface area contributed by atoms with Crippen LogP contribution in [-0.2, 0) is 19.1 Å². The van der Waals surface area contributed by atoms with Crippen molar-refractivity contribution in [3.8, 4) is 0 Å². The van der Waals surface area contributed by atoms with Gasteiger partial charge in [-0.3, -0.25) is 14.6 Å². The molecule has 11 heteroatoms. The summed E-state index contributed by atoms with van der Waals surface area (Å²) < 4.78 is 37.1. The third-order valence-electron chi connectivity index (χ3n) is 5.88. The minimum atomic E-state index is -5.08. The molecule has 2 atom stereocenters. The molecule has 3 fully saturated rings. The smallest absolute Gasteiger partial charge is 0.475 e. The minimum absolute atomic E-state index is 0.0221. The van der Waals surface area contributed by atoms with Crippen molar-refractivity contribution >= 4 is 23.5 Å². The van der Waals surface area contributed by atoms with Gasteiger partial charge in [-0.1, -0.05) is 0 Å². The molecule has 1 N–H and O–H groups in total. The van der Waals surface area contributed by atoms with E-state index in [1.54, 1.807) is 12.4 Å². The number of ether oxygens (including phenoxy) is 1. The first-order valence-electron chi connectivity index (χ1n) is 10.0. The molecule has 3 saturated heterocycles. The van der Waals surface area contributed by atoms with Gasteiger partial charge < -0.3 is 19.6 Å². The molecule has 3 aliphatic heterocycles. The molecule has 31 heavy (non-hydrogen) atoms. The summed E-state index contributed by atoms with van der Waals surface area (Å²) in [6.07, 6.45) is 1.74. The maximum absolute atomic E-state index is 13.1. The number of aromatic nitrogens is 1. The lowest BCUT2D eigenvalue weighted by Gasteiger charge is -2.39. The van der Waals surface area contributed by atoms with Crippen LogP contribution < -0.4 is 4.90 Å². The Kier molecular flexibility index (Phi) is 6.83. The highest BCUT2D eigenvalue weighted by molar-refractivity contribution is 6.00. The lowest BCUT2D eigenvalue weighted by molar-refractivity contribution is -0.192. The second kappa shape index (κ2) is 9.21. The molecule has 0 radical (unpaired) electrons. The predicted octanol–water partition coefficient (Wildman–Crippen LogP) is 2.10. The van der Waals surface area contributed by atoms with Crippen molar-refractivity contribution in [3.63, 3.8) is 0 Å². The van der Waals surface area contributed by atoms with Gasteiger partial charge in [0, 0.05) is 32.4 Å². The lowest BCUT2D eigenvalue weighted by Crippen LogP contribution is -2.51. The van der Waals surface area contributed by atoms with Gasteiger partial charge in [-0.25, -0.2) is 4.79 Å². The van der Waals surface area contributed by atoms with Crippen molar-refractivity contribution in [2.24, 2.45) is 11.3 Å². The number of rotatable bonds is 2. The van der Waals surface area contributed by atoms with E-state index in [-0.39, 0.29) is 17.7 Å². The summed E-state index contributed by atoms with van der Waals surface area (Å²) in [7, 11) is 0. The van der Waals surface area contributed by atoms with Crippen molar-refractivity contribution in [1.29, 1.82) is 0 Å². The zero-order valence-electron chi connectivity index (χ0n) is 16.8. The number of anilines is 1. The number of carboxylic acid groups (broad SMARTS) is 1. The standard InChI is InChI=1S/C18H23N3O3.C2HF3O2/c22-16(14-4-10-24-12-14)20-8-2-5-18(13-20)6-9-21(17(18)23)15-3-1-7-19-11-15;3-2(4,5)1(6)7/h1,3,7,11,14H,2,4-6,8-10,12-13H2;(H,6,7). The fourth-order valence-electron chi connectivity index (χ4n) is 4.27. The van der Waals surface area contributed by atoms with Crippen molar-refractivity contribution in [2.45, 2.75) is 31.9 Å². The average molecular weight is 443 g/mol. The molecule has 0 aliphatic carbocycles. The van der Waals surface area contributed by atoms with Crippen LogP contribution in [0.25, 0.3) is 0 Å². The Morgan fingerprint density at radius 1 is 1.26 bits per heavy atom. The van der Waals surface area contributed by atoms with Crippen LogP contribution in [0.3, 0.4) is 0 Å². The number of carboxylic acids is 1. The number of pyridine rings is 1. The van der Waals surface area contributed by atoms with Crippen LogP contribution in [0.1, 0.15) is 25.7 Å². The van der Waals surface area contributed by atoms with Gasteiger partial charge in [-0.2, -0.15) is 13.2 Å². The van der Waals surface area contributed by atoms with Crippen molar-refractivity contribution < 1.29 is 37.4 Å². The van der Waals surface area contributed by atoms with Crippen molar-refractivity contribution in [1.82, 2.24) is 9.88 Å². The molecule has 0 aromatic carbocycles. The molecular formula is C20H24F3N3O5. The molecule has 1 aromatic heterocycles. The summed E-state index contributed by atoms with van der Waals surface area (Å²) in [5.41, 5.74) is 0.440. The highest BCUT2D eigenvalue weighted by Gasteiger charge is 2.50. The number of hydrogen-bond acceptors (Lipinski definition) is 5. The highest BCUT2D eigenvalue weighted by atomic mass is 19.4. The highest BCUT2D eigenvalue weighted by Crippen LogP contribution is 2.42. The van der Waals surface area contributed by atoms with Crippen LogP contribution in [0.4, 0.5) is 18.9 Å². The number of carbonyl (C=O) groups excluding carboxylic acids is 2. The van der Waals surface area contributed by atoms with Gasteiger partial charge in [-0.05, 0) is 37.8 Å². The normalized spacial score (nSPS) is 26.0. The summed E-state index contributed by atoms with van der Waals surface area (Å²) in [6, 6.07) is 3.77. The largest absolute Gasteiger partial charge is 0.490 e. The summed E-state index contributed by atoms with van der Waals surface area (Å²) in [4.78, 5) is 42.6. The second-order valence-corrected chi connectivity index (χ2v) is 7.93. The van der Waals surface area contributed by atoms with Crippen LogP contribution in [0, 0.1) is 11.3 Å². The number of likely N-dealkylation sites (tertiary alicyclic amines) is 1. The number of carbonyl (C=O) groups is 3. The van der Waals surface area contributed by atoms with Crippen molar-refractivity contribution in [3.05, 3.63) is 24.5 Å². The number of alkyl halides is 3. The number of nitrogens with zero attached hydrogens (tertiary/aromatic N) is 3. The SMILES string of the molecule is O=C(C1CCOC1)N1CCCC2(CCN(c3cccnc3)C2=O)C1.O=C(O)C(F)(F)F. The molecule has 2 amide bonds. The van der Waals surface area contributed by atoms with E-state index in [4.69, 9.17) is 14.6 Å². The van der Waals surface area contributed by atoms with Gasteiger partial charge in [-0.15, -0.1) is 0 Å². The number of aliphatic carboxylic acids is 1. The summed E-state index contributed by atoms with van der Waals surface area (Å²) in [6.45, 7) is 3.22. The third kappa shape index (κ3) is 5.15. The molecule has 3 aliphatic rings. The Bertz CT molecular complexity index is 814. The van der Waals surface area contributed by atoms with E-state index < -0.39 is 17.6 Å². The molecule has 2 unspecified atom stereocenters. The molecule has 0 bridgehead atoms. The number of amides is 2. The second-order valence-electron chi connectivity index (χ2n) is 7.93. The Morgan fingerprint density at radius 2 is 2.00 bits per heavy atom. The molecular weight excluding hydrogens is 419 g/mol. The zero-order valence-corrected chi connectivity index (χ0v) is 16.8. The molecule has 1 aromatic rings. The van der Waals surface area contributed by atoms with E-state index in [2.05, 4.69) is 4.98 Å². The zero-order chi connectivity index (χ0) is 22.6. The van der Waals surface area contributed by atoms with Crippen LogP contribution in [0.5, 0.6) is 0 Å². The van der Waals surface area contributed by atoms with Gasteiger partial charge in [0.15, 0.2) is 0 Å². The summed E-state index contributed by atoms with van der Waals surface area (Å²) in [5.74, 6) is -2.46. The van der Waals surface area contributed by atoms with Crippen LogP contribution in [0.2, 0.25) is 0 Å². The fraction of sp³-hybridized carbons (Fsp3) is 0.600. The number of halogens is 3. The first kappa shape index (κ1) is 23.0. The molecule has 4 heterocycles. The number of hydrogen-bond donors (Lipinski definition) is 1. The van der Waals surface area contributed by atoms with Crippen LogP contribution >= 0.6 is 0 Å². The molecule has 8 nitrogen and oxygen atoms in total. The quantitative estimate of drug-likeness (QED) is 0.752.